The lowest BCUT2D eigenvalue weighted by atomic mass is 9.83. The number of fused-ring (bicyclic) bond motifs is 1. The molecule has 0 radical (unpaired) electrons. The molecule has 2 aromatic carbocycles. The normalized spacial score (nSPS) is 15.2. The van der Waals surface area contributed by atoms with Gasteiger partial charge in [-0.1, -0.05) is 67.4 Å². The summed E-state index contributed by atoms with van der Waals surface area (Å²) in [4.78, 5) is 91.5. The molecule has 1 saturated carbocycles. The Morgan fingerprint density at radius 3 is 2.27 bits per heavy atom. The fraction of sp³-hybridized carbons (Fsp3) is 0.541. The molecule has 21 nitrogen and oxygen atoms in total. The van der Waals surface area contributed by atoms with Crippen molar-refractivity contribution in [2.75, 3.05) is 85.4 Å². The van der Waals surface area contributed by atoms with Crippen molar-refractivity contribution in [3.05, 3.63) is 97.0 Å². The van der Waals surface area contributed by atoms with Crippen LogP contribution in [0, 0.1) is 5.92 Å². The van der Waals surface area contributed by atoms with Gasteiger partial charge >= 0.3 is 11.7 Å². The van der Waals surface area contributed by atoms with Gasteiger partial charge in [0.2, 0.25) is 29.3 Å². The molecule has 85 heavy (non-hydrogen) atoms. The van der Waals surface area contributed by atoms with Gasteiger partial charge in [-0.05, 0) is 96.4 Å². The number of methoxy groups -OCH3 is 1. The van der Waals surface area contributed by atoms with E-state index in [1.54, 1.807) is 74.4 Å². The SMILES string of the molecule is COc1ccc2c(Nc3c(Cl)cncc3Cl)cc(=O)oc2c1OCCCCCCC(=O)NCCOCCOCCOCCOc1cccc(C(=O)c2csc([C@@H]3CCCN3C(=O)[C@@H](NC(=O)[C@H](C)N(C)C(=O)OC(C)(C)C)C3CCCCC3)n2)c1. The number of pyridine rings is 1. The molecule has 1 aliphatic carbocycles. The van der Waals surface area contributed by atoms with Crippen molar-refractivity contribution in [3.8, 4) is 17.2 Å². The molecule has 5 aromatic rings. The van der Waals surface area contributed by atoms with Gasteiger partial charge in [0.15, 0.2) is 11.3 Å². The van der Waals surface area contributed by atoms with Gasteiger partial charge < -0.3 is 58.4 Å². The fourth-order valence-electron chi connectivity index (χ4n) is 9.95. The van der Waals surface area contributed by atoms with E-state index in [-0.39, 0.29) is 57.5 Å². The number of carbonyl (C=O) groups excluding carboxylic acids is 5. The maximum absolute atomic E-state index is 14.5. The largest absolute Gasteiger partial charge is 0.493 e. The smallest absolute Gasteiger partial charge is 0.410 e. The summed E-state index contributed by atoms with van der Waals surface area (Å²) in [5, 5.41) is 12.6. The molecular weight excluding hydrogens is 1160 g/mol. The van der Waals surface area contributed by atoms with Gasteiger partial charge in [0.05, 0.1) is 80.8 Å². The van der Waals surface area contributed by atoms with Crippen molar-refractivity contribution >= 4 is 86.5 Å². The summed E-state index contributed by atoms with van der Waals surface area (Å²) in [6.45, 7) is 10.5. The molecule has 4 amide bonds. The Morgan fingerprint density at radius 2 is 1.55 bits per heavy atom. The second-order valence-electron chi connectivity index (χ2n) is 21.9. The molecule has 1 aliphatic heterocycles. The number of ketones is 1. The van der Waals surface area contributed by atoms with E-state index in [4.69, 9.17) is 65.8 Å². The maximum atomic E-state index is 14.5. The summed E-state index contributed by atoms with van der Waals surface area (Å²) in [6.07, 6.45) is 11.8. The van der Waals surface area contributed by atoms with Crippen molar-refractivity contribution in [2.45, 2.75) is 128 Å². The van der Waals surface area contributed by atoms with Crippen LogP contribution in [-0.2, 0) is 33.3 Å². The number of amides is 4. The Labute approximate surface area is 510 Å². The van der Waals surface area contributed by atoms with Gasteiger partial charge in [-0.15, -0.1) is 11.3 Å². The molecule has 2 fully saturated rings. The first kappa shape index (κ1) is 66.0. The Hall–Kier alpha value is -6.56. The van der Waals surface area contributed by atoms with Crippen LogP contribution < -0.4 is 35.8 Å². The Bertz CT molecular complexity index is 3080. The Morgan fingerprint density at radius 1 is 0.847 bits per heavy atom. The van der Waals surface area contributed by atoms with Gasteiger partial charge in [0, 0.05) is 61.3 Å². The van der Waals surface area contributed by atoms with Crippen LogP contribution in [0.1, 0.15) is 132 Å². The van der Waals surface area contributed by atoms with E-state index in [0.29, 0.717) is 130 Å². The molecule has 3 atom stereocenters. The number of benzene rings is 2. The molecule has 2 aliphatic rings. The van der Waals surface area contributed by atoms with Crippen LogP contribution in [0.2, 0.25) is 10.0 Å². The first-order valence-corrected chi connectivity index (χ1v) is 30.7. The Balaban J connectivity index is 0.728. The number of nitrogens with one attached hydrogen (secondary N) is 3. The number of hydrogen-bond acceptors (Lipinski definition) is 18. The number of carbonyl (C=O) groups is 5. The average molecular weight is 1240 g/mol. The maximum Gasteiger partial charge on any atom is 0.410 e. The minimum Gasteiger partial charge on any atom is -0.493 e. The fourth-order valence-corrected chi connectivity index (χ4v) is 11.4. The first-order valence-electron chi connectivity index (χ1n) is 29.1. The lowest BCUT2D eigenvalue weighted by Gasteiger charge is -2.36. The highest BCUT2D eigenvalue weighted by Gasteiger charge is 2.41. The lowest BCUT2D eigenvalue weighted by Crippen LogP contribution is -2.56. The van der Waals surface area contributed by atoms with Crippen molar-refractivity contribution in [1.82, 2.24) is 30.4 Å². The number of nitrogens with zero attached hydrogens (tertiary/aromatic N) is 4. The number of aromatic nitrogens is 2. The van der Waals surface area contributed by atoms with E-state index < -0.39 is 35.3 Å². The zero-order valence-electron chi connectivity index (χ0n) is 49.3. The molecule has 1 saturated heterocycles. The second kappa shape index (κ2) is 32.8. The molecule has 0 unspecified atom stereocenters. The van der Waals surface area contributed by atoms with E-state index in [1.807, 2.05) is 0 Å². The van der Waals surface area contributed by atoms with Crippen LogP contribution in [0.3, 0.4) is 0 Å². The molecule has 0 spiro atoms. The number of rotatable bonds is 32. The molecule has 4 heterocycles. The van der Waals surface area contributed by atoms with Gasteiger partial charge in [-0.25, -0.2) is 14.6 Å². The summed E-state index contributed by atoms with van der Waals surface area (Å²) in [6, 6.07) is 9.70. The van der Waals surface area contributed by atoms with Crippen LogP contribution in [0.5, 0.6) is 17.2 Å². The van der Waals surface area contributed by atoms with Gasteiger partial charge in [0.1, 0.15) is 40.7 Å². The summed E-state index contributed by atoms with van der Waals surface area (Å²) in [7, 11) is 3.02. The number of thiazole rings is 1. The third-order valence-corrected chi connectivity index (χ3v) is 16.0. The monoisotopic (exact) mass is 1240 g/mol. The van der Waals surface area contributed by atoms with E-state index in [1.165, 1.54) is 48.9 Å². The minimum atomic E-state index is -0.870. The standard InChI is InChI=1S/C61H79Cl2N7O14S/c1-39(69(5)60(76)84-61(2,3)4)57(74)68-52(40-16-10-9-11-17-40)59(75)70-25-15-20-48(70)58-67-47(38-85-58)54(73)41-18-14-19-42(34-41)81-33-32-80-31-30-79-29-28-78-27-24-65-50(71)21-12-7-8-13-26-82-56-49(77-6)23-22-43-46(35-51(72)83-55(43)56)66-53-44(62)36-64-37-45(53)63/h14,18-19,22-23,34-40,48,52H,7-13,15-17,20-21,24-33H2,1-6H3,(H,64,66)(H,65,71)(H,68,74)/t39-,48-,52-/m0/s1. The predicted octanol–water partition coefficient (Wildman–Crippen LogP) is 10.5. The molecular formula is C61H79Cl2N7O14S. The number of halogens is 2. The Kier molecular flexibility index (Phi) is 25.5. The van der Waals surface area contributed by atoms with Crippen LogP contribution in [0.4, 0.5) is 16.2 Å². The van der Waals surface area contributed by atoms with E-state index in [2.05, 4.69) is 20.9 Å². The molecule has 3 aromatic heterocycles. The predicted molar refractivity (Wildman–Crippen MR) is 324 cm³/mol. The topological polar surface area (TPSA) is 249 Å². The summed E-state index contributed by atoms with van der Waals surface area (Å²) in [5.41, 5.74) is 0.389. The van der Waals surface area contributed by atoms with E-state index >= 15 is 0 Å². The number of ether oxygens (including phenoxy) is 7. The molecule has 24 heteroatoms. The quantitative estimate of drug-likeness (QED) is 0.0206. The lowest BCUT2D eigenvalue weighted by molar-refractivity contribution is -0.140. The minimum absolute atomic E-state index is 0.0437. The summed E-state index contributed by atoms with van der Waals surface area (Å²) >= 11 is 14.0. The number of likely N-dealkylation sites (N-methyl/N-ethyl adjacent to an activating group) is 1. The number of likely N-dealkylation sites (tertiary alicyclic amines) is 1. The van der Waals surface area contributed by atoms with E-state index in [9.17, 15) is 28.8 Å². The zero-order valence-corrected chi connectivity index (χ0v) is 51.6. The highest BCUT2D eigenvalue weighted by molar-refractivity contribution is 7.10. The zero-order chi connectivity index (χ0) is 60.9. The summed E-state index contributed by atoms with van der Waals surface area (Å²) in [5.74, 6) is 0.254. The van der Waals surface area contributed by atoms with Crippen LogP contribution >= 0.6 is 34.5 Å². The third kappa shape index (κ3) is 19.5. The molecule has 3 N–H and O–H groups in total. The van der Waals surface area contributed by atoms with Gasteiger partial charge in [-0.2, -0.15) is 0 Å². The number of hydrogen-bond donors (Lipinski definition) is 3. The highest BCUT2D eigenvalue weighted by Crippen LogP contribution is 2.41. The summed E-state index contributed by atoms with van der Waals surface area (Å²) < 4.78 is 45.5. The van der Waals surface area contributed by atoms with Gasteiger partial charge in [0.25, 0.3) is 0 Å². The molecule has 0 bridgehead atoms. The van der Waals surface area contributed by atoms with Crippen LogP contribution in [0.15, 0.2) is 69.5 Å². The second-order valence-corrected chi connectivity index (χ2v) is 23.6. The number of anilines is 2. The van der Waals surface area contributed by atoms with Crippen LogP contribution in [0.25, 0.3) is 11.0 Å². The third-order valence-electron chi connectivity index (χ3n) is 14.5. The van der Waals surface area contributed by atoms with Gasteiger partial charge in [-0.3, -0.25) is 29.1 Å². The van der Waals surface area contributed by atoms with Crippen LogP contribution in [-0.4, -0.2) is 147 Å². The van der Waals surface area contributed by atoms with Crippen molar-refractivity contribution in [2.24, 2.45) is 5.92 Å². The highest BCUT2D eigenvalue weighted by atomic mass is 35.5. The van der Waals surface area contributed by atoms with Crippen molar-refractivity contribution < 1.29 is 61.5 Å². The average Bonchev–Trinajstić information content (AvgIpc) is 3.06. The number of unbranched alkanes of at least 4 members (excludes halogenated alkanes) is 3. The van der Waals surface area contributed by atoms with Crippen molar-refractivity contribution in [1.29, 1.82) is 0 Å². The molecule has 7 rings (SSSR count). The first-order chi connectivity index (χ1) is 40.9. The van der Waals surface area contributed by atoms with E-state index in [0.717, 1.165) is 51.4 Å². The van der Waals surface area contributed by atoms with Crippen molar-refractivity contribution in [3.63, 3.8) is 0 Å². The molecule has 462 valence electrons.